The number of benzene rings is 1. The Bertz CT molecular complexity index is 639. The first-order valence-electron chi connectivity index (χ1n) is 8.52. The van der Waals surface area contributed by atoms with E-state index in [4.69, 9.17) is 14.0 Å². The van der Waals surface area contributed by atoms with Gasteiger partial charge in [0.25, 0.3) is 0 Å². The minimum Gasteiger partial charge on any atom is -0.497 e. The highest BCUT2D eigenvalue weighted by Gasteiger charge is 2.30. The van der Waals surface area contributed by atoms with E-state index >= 15 is 0 Å². The Morgan fingerprint density at radius 3 is 2.67 bits per heavy atom. The van der Waals surface area contributed by atoms with Crippen molar-refractivity contribution in [2.45, 2.75) is 38.6 Å². The largest absolute Gasteiger partial charge is 0.497 e. The summed E-state index contributed by atoms with van der Waals surface area (Å²) in [5.41, 5.74) is 0. The van der Waals surface area contributed by atoms with Crippen LogP contribution in [0.5, 0.6) is 11.5 Å². The van der Waals surface area contributed by atoms with Crippen LogP contribution in [0.15, 0.2) is 28.8 Å². The van der Waals surface area contributed by atoms with Crippen LogP contribution in [0.1, 0.15) is 50.4 Å². The number of hydrogen-bond donors (Lipinski definition) is 0. The minimum absolute atomic E-state index is 0.212. The second kappa shape index (κ2) is 7.66. The summed E-state index contributed by atoms with van der Waals surface area (Å²) in [5, 5.41) is 4.08. The van der Waals surface area contributed by atoms with Gasteiger partial charge in [-0.2, -0.15) is 4.98 Å². The summed E-state index contributed by atoms with van der Waals surface area (Å²) in [5.74, 6) is 3.49. The molecule has 1 atom stereocenters. The molecule has 0 amide bonds. The second-order valence-electron chi connectivity index (χ2n) is 6.36. The molecule has 24 heavy (non-hydrogen) atoms. The molecule has 1 aromatic heterocycles. The van der Waals surface area contributed by atoms with Crippen LogP contribution in [-0.2, 0) is 0 Å². The molecule has 0 N–H and O–H groups in total. The number of likely N-dealkylation sites (tertiary alicyclic amines) is 1. The molecule has 0 aliphatic carbocycles. The van der Waals surface area contributed by atoms with Gasteiger partial charge in [0.15, 0.2) is 5.82 Å². The SMILES string of the molecule is COc1ccc(OCCN2CCCC2c2nc(C(C)C)no2)cc1. The van der Waals surface area contributed by atoms with Gasteiger partial charge >= 0.3 is 0 Å². The molecule has 6 heteroatoms. The molecule has 1 fully saturated rings. The van der Waals surface area contributed by atoms with E-state index in [1.54, 1.807) is 7.11 Å². The van der Waals surface area contributed by atoms with Gasteiger partial charge in [0, 0.05) is 12.5 Å². The molecule has 3 rings (SSSR count). The van der Waals surface area contributed by atoms with Crippen molar-refractivity contribution in [3.05, 3.63) is 36.0 Å². The van der Waals surface area contributed by atoms with Crippen molar-refractivity contribution in [2.24, 2.45) is 0 Å². The maximum absolute atomic E-state index is 5.83. The number of ether oxygens (including phenoxy) is 2. The number of nitrogens with zero attached hydrogens (tertiary/aromatic N) is 3. The lowest BCUT2D eigenvalue weighted by atomic mass is 10.2. The standard InChI is InChI=1S/C18H25N3O3/c1-13(2)17-19-18(24-20-17)16-5-4-10-21(16)11-12-23-15-8-6-14(22-3)7-9-15/h6-9,13,16H,4-5,10-12H2,1-3H3. The summed E-state index contributed by atoms with van der Waals surface area (Å²) in [7, 11) is 1.66. The Morgan fingerprint density at radius 1 is 1.25 bits per heavy atom. The zero-order chi connectivity index (χ0) is 16.9. The van der Waals surface area contributed by atoms with Crippen LogP contribution < -0.4 is 9.47 Å². The zero-order valence-corrected chi connectivity index (χ0v) is 14.6. The van der Waals surface area contributed by atoms with Crippen molar-refractivity contribution >= 4 is 0 Å². The van der Waals surface area contributed by atoms with Crippen LogP contribution in [-0.4, -0.2) is 41.8 Å². The summed E-state index contributed by atoms with van der Waals surface area (Å²) >= 11 is 0. The molecule has 6 nitrogen and oxygen atoms in total. The van der Waals surface area contributed by atoms with Gasteiger partial charge in [-0.25, -0.2) is 0 Å². The Morgan fingerprint density at radius 2 is 2.00 bits per heavy atom. The quantitative estimate of drug-likeness (QED) is 0.775. The van der Waals surface area contributed by atoms with E-state index < -0.39 is 0 Å². The molecule has 2 aromatic rings. The highest BCUT2D eigenvalue weighted by Crippen LogP contribution is 2.31. The second-order valence-corrected chi connectivity index (χ2v) is 6.36. The number of methoxy groups -OCH3 is 1. The summed E-state index contributed by atoms with van der Waals surface area (Å²) in [6, 6.07) is 7.87. The van der Waals surface area contributed by atoms with Crippen molar-refractivity contribution in [2.75, 3.05) is 26.8 Å². The fourth-order valence-electron chi connectivity index (χ4n) is 2.94. The van der Waals surface area contributed by atoms with E-state index in [0.29, 0.717) is 6.61 Å². The lowest BCUT2D eigenvalue weighted by Gasteiger charge is -2.21. The molecule has 0 radical (unpaired) electrons. The Hall–Kier alpha value is -2.08. The van der Waals surface area contributed by atoms with Gasteiger partial charge < -0.3 is 14.0 Å². The third-order valence-electron chi connectivity index (χ3n) is 4.33. The lowest BCUT2D eigenvalue weighted by molar-refractivity contribution is 0.172. The maximum Gasteiger partial charge on any atom is 0.244 e. The van der Waals surface area contributed by atoms with Crippen molar-refractivity contribution in [1.82, 2.24) is 15.0 Å². The monoisotopic (exact) mass is 331 g/mol. The maximum atomic E-state index is 5.83. The molecular weight excluding hydrogens is 306 g/mol. The summed E-state index contributed by atoms with van der Waals surface area (Å²) in [6.07, 6.45) is 2.20. The third-order valence-corrected chi connectivity index (χ3v) is 4.33. The van der Waals surface area contributed by atoms with Crippen molar-refractivity contribution < 1.29 is 14.0 Å². The van der Waals surface area contributed by atoms with E-state index in [0.717, 1.165) is 49.1 Å². The Kier molecular flexibility index (Phi) is 5.35. The molecule has 1 unspecified atom stereocenters. The predicted molar refractivity (Wildman–Crippen MR) is 90.4 cm³/mol. The van der Waals surface area contributed by atoms with Gasteiger partial charge in [0.1, 0.15) is 18.1 Å². The van der Waals surface area contributed by atoms with Gasteiger partial charge in [0.05, 0.1) is 13.2 Å². The third kappa shape index (κ3) is 3.87. The molecule has 1 aliphatic rings. The van der Waals surface area contributed by atoms with Gasteiger partial charge in [-0.05, 0) is 43.7 Å². The highest BCUT2D eigenvalue weighted by atomic mass is 16.5. The van der Waals surface area contributed by atoms with Crippen molar-refractivity contribution in [3.63, 3.8) is 0 Å². The van der Waals surface area contributed by atoms with Gasteiger partial charge in [-0.3, -0.25) is 4.90 Å². The summed E-state index contributed by atoms with van der Waals surface area (Å²) < 4.78 is 16.5. The molecule has 130 valence electrons. The van der Waals surface area contributed by atoms with Crippen LogP contribution >= 0.6 is 0 Å². The fraction of sp³-hybridized carbons (Fsp3) is 0.556. The van der Waals surface area contributed by atoms with E-state index in [9.17, 15) is 0 Å². The van der Waals surface area contributed by atoms with Crippen LogP contribution in [0.3, 0.4) is 0 Å². The Labute approximate surface area is 142 Å². The van der Waals surface area contributed by atoms with E-state index in [1.165, 1.54) is 0 Å². The number of hydrogen-bond acceptors (Lipinski definition) is 6. The Balaban J connectivity index is 1.53. The van der Waals surface area contributed by atoms with Crippen LogP contribution in [0.25, 0.3) is 0 Å². The van der Waals surface area contributed by atoms with Crippen LogP contribution in [0.2, 0.25) is 0 Å². The average molecular weight is 331 g/mol. The first kappa shape index (κ1) is 16.8. The molecule has 1 saturated heterocycles. The van der Waals surface area contributed by atoms with Crippen molar-refractivity contribution in [3.8, 4) is 11.5 Å². The molecule has 0 bridgehead atoms. The lowest BCUT2D eigenvalue weighted by Crippen LogP contribution is -2.28. The van der Waals surface area contributed by atoms with Crippen LogP contribution in [0, 0.1) is 0 Å². The predicted octanol–water partition coefficient (Wildman–Crippen LogP) is 3.42. The highest BCUT2D eigenvalue weighted by molar-refractivity contribution is 5.31. The van der Waals surface area contributed by atoms with E-state index in [1.807, 2.05) is 24.3 Å². The number of aromatic nitrogens is 2. The molecule has 0 saturated carbocycles. The smallest absolute Gasteiger partial charge is 0.244 e. The molecule has 1 aliphatic heterocycles. The van der Waals surface area contributed by atoms with Gasteiger partial charge in [-0.1, -0.05) is 19.0 Å². The van der Waals surface area contributed by atoms with Gasteiger partial charge in [-0.15, -0.1) is 0 Å². The summed E-state index contributed by atoms with van der Waals surface area (Å²) in [6.45, 7) is 6.66. The molecular formula is C18H25N3O3. The first-order valence-corrected chi connectivity index (χ1v) is 8.52. The first-order chi connectivity index (χ1) is 11.7. The number of rotatable bonds is 7. The normalized spacial score (nSPS) is 18.2. The summed E-state index contributed by atoms with van der Waals surface area (Å²) in [4.78, 5) is 6.92. The zero-order valence-electron chi connectivity index (χ0n) is 14.6. The average Bonchev–Trinajstić information content (AvgIpc) is 3.24. The van der Waals surface area contributed by atoms with Crippen LogP contribution in [0.4, 0.5) is 0 Å². The molecule has 1 aromatic carbocycles. The van der Waals surface area contributed by atoms with Crippen molar-refractivity contribution in [1.29, 1.82) is 0 Å². The topological polar surface area (TPSA) is 60.6 Å². The minimum atomic E-state index is 0.212. The van der Waals surface area contributed by atoms with Gasteiger partial charge in [0.2, 0.25) is 5.89 Å². The fourth-order valence-corrected chi connectivity index (χ4v) is 2.94. The van der Waals surface area contributed by atoms with E-state index in [-0.39, 0.29) is 12.0 Å². The van der Waals surface area contributed by atoms with E-state index in [2.05, 4.69) is 28.9 Å². The molecule has 0 spiro atoms. The molecule has 2 heterocycles.